The average molecular weight is 357 g/mol. The molecule has 1 amide bonds. The van der Waals surface area contributed by atoms with Crippen LogP contribution in [0, 0.1) is 13.8 Å². The van der Waals surface area contributed by atoms with Crippen molar-refractivity contribution in [2.75, 3.05) is 27.2 Å². The monoisotopic (exact) mass is 357 g/mol. The van der Waals surface area contributed by atoms with Crippen LogP contribution in [0.3, 0.4) is 0 Å². The number of hydrogen-bond donors (Lipinski definition) is 1. The maximum atomic E-state index is 12.7. The lowest BCUT2D eigenvalue weighted by molar-refractivity contribution is 0.0946. The van der Waals surface area contributed by atoms with E-state index < -0.39 is 0 Å². The Hall–Kier alpha value is -2.87. The lowest BCUT2D eigenvalue weighted by atomic mass is 10.2. The Balaban J connectivity index is 2.00. The Bertz CT molecular complexity index is 1030. The van der Waals surface area contributed by atoms with E-state index in [0.29, 0.717) is 12.2 Å². The molecule has 8 heteroatoms. The van der Waals surface area contributed by atoms with Gasteiger partial charge in [0.2, 0.25) is 5.65 Å². The molecule has 3 aromatic heterocycles. The largest absolute Gasteiger partial charge is 0.466 e. The highest BCUT2D eigenvalue weighted by molar-refractivity contribution is 5.92. The molecule has 8 nitrogen and oxygen atoms in total. The number of likely N-dealkylation sites (N-methyl/N-ethyl adjacent to an activating group) is 1. The Morgan fingerprint density at radius 1 is 1.31 bits per heavy atom. The molecular weight excluding hydrogens is 334 g/mol. The second-order valence-corrected chi connectivity index (χ2v) is 6.62. The molecule has 3 rings (SSSR count). The van der Waals surface area contributed by atoms with Crippen molar-refractivity contribution in [2.24, 2.45) is 7.05 Å². The molecule has 26 heavy (non-hydrogen) atoms. The zero-order chi connectivity index (χ0) is 19.0. The highest BCUT2D eigenvalue weighted by Crippen LogP contribution is 2.25. The van der Waals surface area contributed by atoms with Gasteiger partial charge < -0.3 is 19.2 Å². The summed E-state index contributed by atoms with van der Waals surface area (Å²) in [6.45, 7) is 4.95. The number of fused-ring (bicyclic) bond motifs is 1. The highest BCUT2D eigenvalue weighted by Gasteiger charge is 2.17. The summed E-state index contributed by atoms with van der Waals surface area (Å²) in [5.74, 6) is 1.21. The van der Waals surface area contributed by atoms with Gasteiger partial charge in [-0.05, 0) is 34.0 Å². The van der Waals surface area contributed by atoms with Crippen LogP contribution in [0.15, 0.2) is 27.7 Å². The highest BCUT2D eigenvalue weighted by atomic mass is 16.3. The Morgan fingerprint density at radius 2 is 2.04 bits per heavy atom. The maximum absolute atomic E-state index is 12.7. The summed E-state index contributed by atoms with van der Waals surface area (Å²) < 4.78 is 8.69. The molecule has 0 saturated carbocycles. The maximum Gasteiger partial charge on any atom is 0.294 e. The van der Waals surface area contributed by atoms with Gasteiger partial charge in [-0.15, -0.1) is 0 Å². The normalized spacial score (nSPS) is 11.5. The third-order valence-corrected chi connectivity index (χ3v) is 4.25. The van der Waals surface area contributed by atoms with Gasteiger partial charge >= 0.3 is 0 Å². The number of rotatable bonds is 5. The predicted molar refractivity (Wildman–Crippen MR) is 98.5 cm³/mol. The lowest BCUT2D eigenvalue weighted by Crippen LogP contribution is -2.31. The predicted octanol–water partition coefficient (Wildman–Crippen LogP) is 1.20. The molecule has 1 N–H and O–H groups in total. The first-order valence-corrected chi connectivity index (χ1v) is 8.37. The first kappa shape index (κ1) is 17.9. The molecule has 0 aromatic carbocycles. The smallest absolute Gasteiger partial charge is 0.294 e. The third-order valence-electron chi connectivity index (χ3n) is 4.25. The Kier molecular flexibility index (Phi) is 4.69. The quantitative estimate of drug-likeness (QED) is 0.742. The summed E-state index contributed by atoms with van der Waals surface area (Å²) in [6, 6.07) is 1.89. The molecule has 0 spiro atoms. The van der Waals surface area contributed by atoms with E-state index in [1.165, 1.54) is 4.57 Å². The van der Waals surface area contributed by atoms with Gasteiger partial charge in [0.15, 0.2) is 0 Å². The van der Waals surface area contributed by atoms with E-state index in [4.69, 9.17) is 4.42 Å². The lowest BCUT2D eigenvalue weighted by Gasteiger charge is -2.09. The topological polar surface area (TPSA) is 84.8 Å². The minimum atomic E-state index is -0.297. The number of imidazole rings is 1. The van der Waals surface area contributed by atoms with Crippen LogP contribution in [0.25, 0.3) is 16.9 Å². The molecule has 0 fully saturated rings. The molecule has 0 radical (unpaired) electrons. The first-order chi connectivity index (χ1) is 12.3. The third kappa shape index (κ3) is 3.28. The van der Waals surface area contributed by atoms with Crippen molar-refractivity contribution in [2.45, 2.75) is 13.8 Å². The number of carbonyl (C=O) groups excluding carboxylic acids is 1. The van der Waals surface area contributed by atoms with Crippen molar-refractivity contribution in [3.8, 4) is 11.3 Å². The zero-order valence-electron chi connectivity index (χ0n) is 15.7. The molecule has 0 aliphatic heterocycles. The van der Waals surface area contributed by atoms with E-state index in [1.54, 1.807) is 23.8 Å². The van der Waals surface area contributed by atoms with Gasteiger partial charge in [0, 0.05) is 38.1 Å². The van der Waals surface area contributed by atoms with Gasteiger partial charge in [0.1, 0.15) is 17.2 Å². The Labute approximate surface area is 151 Å². The van der Waals surface area contributed by atoms with Crippen LogP contribution in [-0.2, 0) is 7.05 Å². The molecule has 138 valence electrons. The van der Waals surface area contributed by atoms with Crippen LogP contribution in [0.2, 0.25) is 0 Å². The second-order valence-electron chi connectivity index (χ2n) is 6.62. The molecule has 0 aliphatic carbocycles. The van der Waals surface area contributed by atoms with Gasteiger partial charge in [-0.1, -0.05) is 0 Å². The van der Waals surface area contributed by atoms with Crippen LogP contribution < -0.4 is 10.9 Å². The molecule has 0 unspecified atom stereocenters. The minimum Gasteiger partial charge on any atom is -0.466 e. The number of hydrogen-bond acceptors (Lipinski definition) is 5. The van der Waals surface area contributed by atoms with E-state index >= 15 is 0 Å². The van der Waals surface area contributed by atoms with Crippen LogP contribution in [0.4, 0.5) is 0 Å². The summed E-state index contributed by atoms with van der Waals surface area (Å²) in [5.41, 5.74) is 1.71. The number of amides is 1. The molecule has 0 aliphatic rings. The van der Waals surface area contributed by atoms with Crippen molar-refractivity contribution in [1.82, 2.24) is 24.2 Å². The average Bonchev–Trinajstić information content (AvgIpc) is 3.13. The molecule has 0 bridgehead atoms. The number of nitrogens with zero attached hydrogens (tertiary/aromatic N) is 4. The standard InChI is InChI=1S/C18H23N5O3/c1-11-8-13(12(2)26-11)15-10-23-9-14(17(24)19-6-7-21(3)4)20-16(23)18(25)22(15)5/h8-10H,6-7H2,1-5H3,(H,19,24). The number of nitrogens with one attached hydrogen (secondary N) is 1. The summed E-state index contributed by atoms with van der Waals surface area (Å²) >= 11 is 0. The van der Waals surface area contributed by atoms with E-state index in [9.17, 15) is 9.59 Å². The molecule has 0 atom stereocenters. The van der Waals surface area contributed by atoms with Crippen molar-refractivity contribution in [1.29, 1.82) is 0 Å². The van der Waals surface area contributed by atoms with E-state index in [1.807, 2.05) is 38.9 Å². The minimum absolute atomic E-state index is 0.215. The first-order valence-electron chi connectivity index (χ1n) is 8.37. The van der Waals surface area contributed by atoms with E-state index in [-0.39, 0.29) is 22.8 Å². The second kappa shape index (κ2) is 6.80. The fraction of sp³-hybridized carbons (Fsp3) is 0.389. The van der Waals surface area contributed by atoms with Crippen molar-refractivity contribution in [3.63, 3.8) is 0 Å². The zero-order valence-corrected chi connectivity index (χ0v) is 15.7. The van der Waals surface area contributed by atoms with Crippen LogP contribution >= 0.6 is 0 Å². The van der Waals surface area contributed by atoms with E-state index in [0.717, 1.165) is 23.6 Å². The van der Waals surface area contributed by atoms with Gasteiger partial charge in [-0.2, -0.15) is 0 Å². The molecule has 3 aromatic rings. The van der Waals surface area contributed by atoms with Crippen molar-refractivity contribution in [3.05, 3.63) is 46.0 Å². The van der Waals surface area contributed by atoms with Crippen LogP contribution in [0.1, 0.15) is 22.0 Å². The number of aryl methyl sites for hydroxylation is 2. The van der Waals surface area contributed by atoms with Crippen molar-refractivity contribution >= 4 is 11.6 Å². The fourth-order valence-corrected chi connectivity index (χ4v) is 2.86. The summed E-state index contributed by atoms with van der Waals surface area (Å²) in [5, 5.41) is 2.80. The number of carbonyl (C=O) groups is 1. The summed E-state index contributed by atoms with van der Waals surface area (Å²) in [4.78, 5) is 31.2. The van der Waals surface area contributed by atoms with Gasteiger partial charge in [-0.25, -0.2) is 4.98 Å². The van der Waals surface area contributed by atoms with E-state index in [2.05, 4.69) is 10.3 Å². The molecule has 0 saturated heterocycles. The SMILES string of the molecule is Cc1cc(-c2cn3cc(C(=O)NCCN(C)C)nc3c(=O)n2C)c(C)o1. The summed E-state index contributed by atoms with van der Waals surface area (Å²) in [7, 11) is 5.55. The van der Waals surface area contributed by atoms with Gasteiger partial charge in [0.25, 0.3) is 11.5 Å². The summed E-state index contributed by atoms with van der Waals surface area (Å²) in [6.07, 6.45) is 3.37. The van der Waals surface area contributed by atoms with Crippen LogP contribution in [-0.4, -0.2) is 51.9 Å². The van der Waals surface area contributed by atoms with Crippen LogP contribution in [0.5, 0.6) is 0 Å². The van der Waals surface area contributed by atoms with Crippen molar-refractivity contribution < 1.29 is 9.21 Å². The number of aromatic nitrogens is 3. The van der Waals surface area contributed by atoms with Gasteiger partial charge in [-0.3, -0.25) is 14.0 Å². The fourth-order valence-electron chi connectivity index (χ4n) is 2.86. The molecule has 3 heterocycles. The Morgan fingerprint density at radius 3 is 2.65 bits per heavy atom. The van der Waals surface area contributed by atoms with Gasteiger partial charge in [0.05, 0.1) is 5.69 Å². The number of furan rings is 1. The molecular formula is C18H23N5O3.